The summed E-state index contributed by atoms with van der Waals surface area (Å²) >= 11 is 0. The maximum Gasteiger partial charge on any atom is 0.0553 e. The van der Waals surface area contributed by atoms with Crippen LogP contribution in [0.4, 0.5) is 0 Å². The highest BCUT2D eigenvalue weighted by molar-refractivity contribution is 7.31. The Morgan fingerprint density at radius 2 is 1.88 bits per heavy atom. The van der Waals surface area contributed by atoms with E-state index in [-0.39, 0.29) is 0 Å². The van der Waals surface area contributed by atoms with Crippen molar-refractivity contribution in [2.45, 2.75) is 20.8 Å². The zero-order valence-corrected chi connectivity index (χ0v) is 7.12. The summed E-state index contributed by atoms with van der Waals surface area (Å²) in [6, 6.07) is 0. The lowest BCUT2D eigenvalue weighted by Crippen LogP contribution is -2.11. The molecule has 1 nitrogen and oxygen atoms in total. The maximum absolute atomic E-state index is 5.23. The molecule has 0 aliphatic rings. The fourth-order valence-electron chi connectivity index (χ4n) is 0.289. The average Bonchev–Trinajstić information content (AvgIpc) is 1.59. The molecule has 50 valence electrons. The van der Waals surface area contributed by atoms with Gasteiger partial charge in [-0.3, -0.25) is 0 Å². The highest BCUT2D eigenvalue weighted by atomic mass is 31.1. The molecule has 1 unspecified atom stereocenters. The summed E-state index contributed by atoms with van der Waals surface area (Å²) in [7, 11) is 0.631. The summed E-state index contributed by atoms with van der Waals surface area (Å²) < 4.78 is 5.23. The summed E-state index contributed by atoms with van der Waals surface area (Å²) in [5, 5.41) is 0. The van der Waals surface area contributed by atoms with Gasteiger partial charge in [0.05, 0.1) is 6.61 Å². The first-order valence-electron chi connectivity index (χ1n) is 2.85. The van der Waals surface area contributed by atoms with Crippen molar-refractivity contribution in [3.8, 4) is 0 Å². The van der Waals surface area contributed by atoms with Crippen LogP contribution in [0.15, 0.2) is 0 Å². The van der Waals surface area contributed by atoms with E-state index in [9.17, 15) is 0 Å². The van der Waals surface area contributed by atoms with Gasteiger partial charge >= 0.3 is 0 Å². The van der Waals surface area contributed by atoms with Crippen molar-refractivity contribution in [1.82, 2.24) is 0 Å². The van der Waals surface area contributed by atoms with Crippen LogP contribution in [0.25, 0.3) is 0 Å². The Balaban J connectivity index is 3.11. The molecular weight excluding hydrogens is 119 g/mol. The van der Waals surface area contributed by atoms with E-state index in [0.717, 1.165) is 6.61 Å². The predicted molar refractivity (Wildman–Crippen MR) is 39.6 cm³/mol. The molecule has 0 aromatic rings. The van der Waals surface area contributed by atoms with E-state index >= 15 is 0 Å². The van der Waals surface area contributed by atoms with Crippen molar-refractivity contribution in [2.75, 3.05) is 13.3 Å². The second-order valence-corrected chi connectivity index (χ2v) is 3.75. The monoisotopic (exact) mass is 134 g/mol. The minimum absolute atomic E-state index is 0.336. The summed E-state index contributed by atoms with van der Waals surface area (Å²) in [6.45, 7) is 9.45. The van der Waals surface area contributed by atoms with Gasteiger partial charge in [0.15, 0.2) is 0 Å². The molecule has 0 amide bonds. The van der Waals surface area contributed by atoms with Crippen molar-refractivity contribution in [2.24, 2.45) is 5.41 Å². The van der Waals surface area contributed by atoms with Gasteiger partial charge in [0, 0.05) is 8.81 Å². The maximum atomic E-state index is 5.23. The molecule has 8 heavy (non-hydrogen) atoms. The van der Waals surface area contributed by atoms with E-state index in [0.29, 0.717) is 14.2 Å². The topological polar surface area (TPSA) is 9.23 Å². The lowest BCUT2D eigenvalue weighted by molar-refractivity contribution is 0.222. The smallest absolute Gasteiger partial charge is 0.0553 e. The van der Waals surface area contributed by atoms with Gasteiger partial charge in [0.25, 0.3) is 0 Å². The molecule has 0 heterocycles. The third-order valence-corrected chi connectivity index (χ3v) is 1.08. The fourth-order valence-corrected chi connectivity index (χ4v) is 0.866. The van der Waals surface area contributed by atoms with Crippen LogP contribution in [0.5, 0.6) is 0 Å². The molecule has 0 saturated heterocycles. The summed E-state index contributed by atoms with van der Waals surface area (Å²) in [5.41, 5.74) is 0.336. The van der Waals surface area contributed by atoms with Crippen LogP contribution in [0, 0.1) is 5.41 Å². The molecule has 0 spiro atoms. The van der Waals surface area contributed by atoms with Crippen molar-refractivity contribution < 1.29 is 4.52 Å². The van der Waals surface area contributed by atoms with Crippen molar-refractivity contribution >= 4 is 8.81 Å². The molecular formula is C6H15OP. The highest BCUT2D eigenvalue weighted by Gasteiger charge is 2.08. The Bertz CT molecular complexity index is 56.0. The fraction of sp³-hybridized carbons (Fsp3) is 1.00. The molecule has 2 heteroatoms. The van der Waals surface area contributed by atoms with Crippen molar-refractivity contribution in [3.05, 3.63) is 0 Å². The Morgan fingerprint density at radius 1 is 1.38 bits per heavy atom. The zero-order valence-electron chi connectivity index (χ0n) is 6.12. The minimum atomic E-state index is 0.336. The molecule has 0 rings (SSSR count). The average molecular weight is 134 g/mol. The zero-order chi connectivity index (χ0) is 6.62. The SMILES string of the molecule is CPOCC(C)(C)C. The molecule has 0 radical (unpaired) electrons. The molecule has 1 atom stereocenters. The van der Waals surface area contributed by atoms with Crippen LogP contribution in [-0.4, -0.2) is 13.3 Å². The van der Waals surface area contributed by atoms with E-state index < -0.39 is 0 Å². The lowest BCUT2D eigenvalue weighted by atomic mass is 9.99. The van der Waals surface area contributed by atoms with Gasteiger partial charge in [-0.1, -0.05) is 20.8 Å². The molecule has 0 fully saturated rings. The van der Waals surface area contributed by atoms with Gasteiger partial charge in [0.1, 0.15) is 0 Å². The molecule has 0 aliphatic heterocycles. The van der Waals surface area contributed by atoms with Crippen LogP contribution in [0.3, 0.4) is 0 Å². The first-order chi connectivity index (χ1) is 3.56. The van der Waals surface area contributed by atoms with E-state index in [1.165, 1.54) is 0 Å². The Morgan fingerprint density at radius 3 is 2.00 bits per heavy atom. The van der Waals surface area contributed by atoms with E-state index in [2.05, 4.69) is 20.8 Å². The van der Waals surface area contributed by atoms with Gasteiger partial charge in [-0.2, -0.15) is 0 Å². The largest absolute Gasteiger partial charge is 0.362 e. The number of hydrogen-bond acceptors (Lipinski definition) is 1. The molecule has 0 aromatic carbocycles. The second-order valence-electron chi connectivity index (χ2n) is 3.05. The van der Waals surface area contributed by atoms with Gasteiger partial charge < -0.3 is 4.52 Å². The standard InChI is InChI=1S/C6H15OP/c1-6(2,3)5-7-8-4/h8H,5H2,1-4H3. The minimum Gasteiger partial charge on any atom is -0.362 e. The van der Waals surface area contributed by atoms with Gasteiger partial charge in [0.2, 0.25) is 0 Å². The van der Waals surface area contributed by atoms with Crippen LogP contribution >= 0.6 is 8.81 Å². The van der Waals surface area contributed by atoms with E-state index in [1.807, 2.05) is 6.66 Å². The Labute approximate surface area is 53.7 Å². The molecule has 0 bridgehead atoms. The molecule has 0 aliphatic carbocycles. The van der Waals surface area contributed by atoms with Gasteiger partial charge in [-0.15, -0.1) is 0 Å². The third-order valence-electron chi connectivity index (χ3n) is 0.650. The number of hydrogen-bond donors (Lipinski definition) is 0. The third kappa shape index (κ3) is 6.39. The van der Waals surface area contributed by atoms with Crippen LogP contribution in [0.2, 0.25) is 0 Å². The number of rotatable bonds is 2. The first-order valence-corrected chi connectivity index (χ1v) is 4.25. The quantitative estimate of drug-likeness (QED) is 0.526. The first kappa shape index (κ1) is 8.39. The van der Waals surface area contributed by atoms with Crippen LogP contribution in [0.1, 0.15) is 20.8 Å². The highest BCUT2D eigenvalue weighted by Crippen LogP contribution is 2.17. The summed E-state index contributed by atoms with van der Waals surface area (Å²) in [5.74, 6) is 0. The van der Waals surface area contributed by atoms with Gasteiger partial charge in [-0.05, 0) is 12.1 Å². The molecule has 0 saturated carbocycles. The lowest BCUT2D eigenvalue weighted by Gasteiger charge is -2.16. The van der Waals surface area contributed by atoms with Gasteiger partial charge in [-0.25, -0.2) is 0 Å². The predicted octanol–water partition coefficient (Wildman–Crippen LogP) is 2.27. The van der Waals surface area contributed by atoms with Crippen molar-refractivity contribution in [1.29, 1.82) is 0 Å². The van der Waals surface area contributed by atoms with Crippen LogP contribution < -0.4 is 0 Å². The normalized spacial score (nSPS) is 13.5. The van der Waals surface area contributed by atoms with Crippen LogP contribution in [-0.2, 0) is 4.52 Å². The van der Waals surface area contributed by atoms with E-state index in [4.69, 9.17) is 4.52 Å². The molecule has 0 aromatic heterocycles. The van der Waals surface area contributed by atoms with Crippen molar-refractivity contribution in [3.63, 3.8) is 0 Å². The molecule has 0 N–H and O–H groups in total. The van der Waals surface area contributed by atoms with E-state index in [1.54, 1.807) is 0 Å². The Hall–Kier alpha value is 0.390. The Kier molecular flexibility index (Phi) is 3.59. The summed E-state index contributed by atoms with van der Waals surface area (Å²) in [6.07, 6.45) is 0. The second kappa shape index (κ2) is 3.42. The summed E-state index contributed by atoms with van der Waals surface area (Å²) in [4.78, 5) is 0.